The van der Waals surface area contributed by atoms with Crippen molar-refractivity contribution in [2.45, 2.75) is 13.0 Å². The predicted molar refractivity (Wildman–Crippen MR) is 90.7 cm³/mol. The van der Waals surface area contributed by atoms with E-state index in [9.17, 15) is 14.0 Å². The molecule has 2 aromatic carbocycles. The minimum atomic E-state index is -0.602. The van der Waals surface area contributed by atoms with Gasteiger partial charge in [-0.2, -0.15) is 0 Å². The molecule has 4 nitrogen and oxygen atoms in total. The fourth-order valence-corrected chi connectivity index (χ4v) is 2.98. The van der Waals surface area contributed by atoms with E-state index in [1.54, 1.807) is 36.1 Å². The van der Waals surface area contributed by atoms with Gasteiger partial charge in [-0.15, -0.1) is 0 Å². The SMILES string of the molecule is C[C@H]1C(=O)N(c2ccc(F)c(Cl)c2)CCN1C(=O)c1ccccc1. The van der Waals surface area contributed by atoms with E-state index in [0.29, 0.717) is 24.3 Å². The van der Waals surface area contributed by atoms with Crippen LogP contribution in [0.5, 0.6) is 0 Å². The van der Waals surface area contributed by atoms with Crippen LogP contribution in [0.3, 0.4) is 0 Å². The summed E-state index contributed by atoms with van der Waals surface area (Å²) in [7, 11) is 0. The molecule has 1 saturated heterocycles. The second-order valence-corrected chi connectivity index (χ2v) is 6.04. The van der Waals surface area contributed by atoms with Crippen LogP contribution in [0.2, 0.25) is 5.02 Å². The molecule has 0 saturated carbocycles. The number of nitrogens with zero attached hydrogens (tertiary/aromatic N) is 2. The molecule has 1 aliphatic heterocycles. The van der Waals surface area contributed by atoms with Gasteiger partial charge in [-0.3, -0.25) is 9.59 Å². The van der Waals surface area contributed by atoms with Crippen LogP contribution in [0, 0.1) is 5.82 Å². The fourth-order valence-electron chi connectivity index (χ4n) is 2.80. The minimum Gasteiger partial charge on any atom is -0.325 e. The van der Waals surface area contributed by atoms with Gasteiger partial charge in [0.1, 0.15) is 11.9 Å². The molecule has 0 aromatic heterocycles. The van der Waals surface area contributed by atoms with Crippen molar-refractivity contribution in [2.75, 3.05) is 18.0 Å². The molecule has 0 bridgehead atoms. The standard InChI is InChI=1S/C18H16ClFN2O2/c1-12-17(23)22(14-7-8-16(20)15(19)11-14)10-9-21(12)18(24)13-5-3-2-4-6-13/h2-8,11-12H,9-10H2,1H3/t12-/m0/s1. The molecule has 124 valence electrons. The molecular formula is C18H16ClFN2O2. The van der Waals surface area contributed by atoms with Crippen molar-refractivity contribution in [3.8, 4) is 0 Å². The number of amides is 2. The summed E-state index contributed by atoms with van der Waals surface area (Å²) in [4.78, 5) is 28.3. The summed E-state index contributed by atoms with van der Waals surface area (Å²) in [5.74, 6) is -0.916. The number of rotatable bonds is 2. The second-order valence-electron chi connectivity index (χ2n) is 5.63. The van der Waals surface area contributed by atoms with Gasteiger partial charge < -0.3 is 9.80 Å². The van der Waals surface area contributed by atoms with Crippen LogP contribution in [0.25, 0.3) is 0 Å². The van der Waals surface area contributed by atoms with E-state index in [2.05, 4.69) is 0 Å². The van der Waals surface area contributed by atoms with Gasteiger partial charge in [0.2, 0.25) is 5.91 Å². The number of halogens is 2. The van der Waals surface area contributed by atoms with Gasteiger partial charge in [-0.1, -0.05) is 29.8 Å². The zero-order chi connectivity index (χ0) is 17.3. The largest absolute Gasteiger partial charge is 0.325 e. The van der Waals surface area contributed by atoms with Gasteiger partial charge in [0.25, 0.3) is 5.91 Å². The van der Waals surface area contributed by atoms with Crippen LogP contribution in [-0.4, -0.2) is 35.8 Å². The molecule has 0 unspecified atom stereocenters. The van der Waals surface area contributed by atoms with Gasteiger partial charge in [-0.25, -0.2) is 4.39 Å². The molecule has 0 aliphatic carbocycles. The van der Waals surface area contributed by atoms with Crippen LogP contribution in [-0.2, 0) is 4.79 Å². The normalized spacial score (nSPS) is 18.0. The molecule has 0 spiro atoms. The third-order valence-corrected chi connectivity index (χ3v) is 4.44. The summed E-state index contributed by atoms with van der Waals surface area (Å²) in [6.07, 6.45) is 0. The highest BCUT2D eigenvalue weighted by Crippen LogP contribution is 2.26. The maximum Gasteiger partial charge on any atom is 0.254 e. The third-order valence-electron chi connectivity index (χ3n) is 4.15. The molecule has 3 rings (SSSR count). The fraction of sp³-hybridized carbons (Fsp3) is 0.222. The first-order valence-electron chi connectivity index (χ1n) is 7.61. The van der Waals surface area contributed by atoms with Crippen molar-refractivity contribution < 1.29 is 14.0 Å². The number of anilines is 1. The van der Waals surface area contributed by atoms with E-state index in [-0.39, 0.29) is 16.8 Å². The lowest BCUT2D eigenvalue weighted by atomic mass is 10.1. The highest BCUT2D eigenvalue weighted by molar-refractivity contribution is 6.31. The Balaban J connectivity index is 1.81. The number of benzene rings is 2. The van der Waals surface area contributed by atoms with Crippen molar-refractivity contribution in [2.24, 2.45) is 0 Å². The van der Waals surface area contributed by atoms with Crippen molar-refractivity contribution >= 4 is 29.1 Å². The molecule has 2 amide bonds. The number of carbonyl (C=O) groups is 2. The number of hydrogen-bond acceptors (Lipinski definition) is 2. The van der Waals surface area contributed by atoms with E-state index in [0.717, 1.165) is 0 Å². The van der Waals surface area contributed by atoms with E-state index >= 15 is 0 Å². The highest BCUT2D eigenvalue weighted by atomic mass is 35.5. The van der Waals surface area contributed by atoms with E-state index in [1.165, 1.54) is 23.1 Å². The summed E-state index contributed by atoms with van der Waals surface area (Å²) >= 11 is 5.80. The van der Waals surface area contributed by atoms with Crippen molar-refractivity contribution in [3.63, 3.8) is 0 Å². The minimum absolute atomic E-state index is 0.0317. The molecule has 24 heavy (non-hydrogen) atoms. The highest BCUT2D eigenvalue weighted by Gasteiger charge is 2.35. The van der Waals surface area contributed by atoms with E-state index < -0.39 is 11.9 Å². The Kier molecular flexibility index (Phi) is 4.53. The van der Waals surface area contributed by atoms with Crippen LogP contribution < -0.4 is 4.90 Å². The first kappa shape index (κ1) is 16.5. The Morgan fingerprint density at radius 1 is 1.17 bits per heavy atom. The Bertz CT molecular complexity index is 782. The van der Waals surface area contributed by atoms with Crippen molar-refractivity contribution in [3.05, 3.63) is 64.9 Å². The number of hydrogen-bond donors (Lipinski definition) is 0. The van der Waals surface area contributed by atoms with Gasteiger partial charge >= 0.3 is 0 Å². The van der Waals surface area contributed by atoms with Crippen LogP contribution in [0.15, 0.2) is 48.5 Å². The lowest BCUT2D eigenvalue weighted by molar-refractivity contribution is -0.124. The maximum atomic E-state index is 13.3. The zero-order valence-corrected chi connectivity index (χ0v) is 13.8. The summed E-state index contributed by atoms with van der Waals surface area (Å²) in [5, 5.41) is -0.0317. The molecule has 1 heterocycles. The quantitative estimate of drug-likeness (QED) is 0.836. The summed E-state index contributed by atoms with van der Waals surface area (Å²) in [6.45, 7) is 2.43. The first-order valence-corrected chi connectivity index (χ1v) is 7.99. The van der Waals surface area contributed by atoms with Gasteiger partial charge in [0, 0.05) is 24.3 Å². The van der Waals surface area contributed by atoms with E-state index in [1.807, 2.05) is 6.07 Å². The number of piperazine rings is 1. The van der Waals surface area contributed by atoms with Crippen molar-refractivity contribution in [1.82, 2.24) is 4.90 Å². The number of carbonyl (C=O) groups excluding carboxylic acids is 2. The second kappa shape index (κ2) is 6.61. The third kappa shape index (κ3) is 2.99. The van der Waals surface area contributed by atoms with Gasteiger partial charge in [0.05, 0.1) is 5.02 Å². The van der Waals surface area contributed by atoms with Crippen molar-refractivity contribution in [1.29, 1.82) is 0 Å². The van der Waals surface area contributed by atoms with Crippen LogP contribution in [0.1, 0.15) is 17.3 Å². The molecule has 1 atom stereocenters. The molecule has 0 N–H and O–H groups in total. The van der Waals surface area contributed by atoms with Gasteiger partial charge in [-0.05, 0) is 37.3 Å². The predicted octanol–water partition coefficient (Wildman–Crippen LogP) is 3.36. The Morgan fingerprint density at radius 3 is 2.54 bits per heavy atom. The average molecular weight is 347 g/mol. The van der Waals surface area contributed by atoms with E-state index in [4.69, 9.17) is 11.6 Å². The molecular weight excluding hydrogens is 331 g/mol. The molecule has 0 radical (unpaired) electrons. The first-order chi connectivity index (χ1) is 11.5. The zero-order valence-electron chi connectivity index (χ0n) is 13.1. The Hall–Kier alpha value is -2.40. The van der Waals surface area contributed by atoms with Crippen LogP contribution in [0.4, 0.5) is 10.1 Å². The lowest BCUT2D eigenvalue weighted by Crippen LogP contribution is -2.57. The topological polar surface area (TPSA) is 40.6 Å². The molecule has 1 fully saturated rings. The summed E-state index contributed by atoms with van der Waals surface area (Å²) < 4.78 is 13.3. The molecule has 6 heteroatoms. The summed E-state index contributed by atoms with van der Waals surface area (Å²) in [5.41, 5.74) is 1.08. The monoisotopic (exact) mass is 346 g/mol. The Labute approximate surface area is 144 Å². The maximum absolute atomic E-state index is 13.3. The lowest BCUT2D eigenvalue weighted by Gasteiger charge is -2.39. The average Bonchev–Trinajstić information content (AvgIpc) is 2.60. The molecule has 1 aliphatic rings. The smallest absolute Gasteiger partial charge is 0.254 e. The Morgan fingerprint density at radius 2 is 1.88 bits per heavy atom. The van der Waals surface area contributed by atoms with Gasteiger partial charge in [0.15, 0.2) is 0 Å². The van der Waals surface area contributed by atoms with Crippen LogP contribution >= 0.6 is 11.6 Å². The summed E-state index contributed by atoms with van der Waals surface area (Å²) in [6, 6.07) is 12.4. The molecule has 2 aromatic rings.